The van der Waals surface area contributed by atoms with Crippen molar-refractivity contribution in [2.24, 2.45) is 17.3 Å². The quantitative estimate of drug-likeness (QED) is 0.426. The molecule has 0 aromatic heterocycles. The van der Waals surface area contributed by atoms with Gasteiger partial charge in [-0.1, -0.05) is 24.3 Å². The average Bonchev–Trinajstić information content (AvgIpc) is 2.64. The first kappa shape index (κ1) is 12.9. The Bertz CT molecular complexity index is 370. The largest absolute Gasteiger partial charge is 0.468 e. The Balaban J connectivity index is 2.32. The number of esters is 2. The van der Waals surface area contributed by atoms with Crippen molar-refractivity contribution in [2.75, 3.05) is 14.2 Å². The van der Waals surface area contributed by atoms with Gasteiger partial charge in [0, 0.05) is 0 Å². The zero-order valence-corrected chi connectivity index (χ0v) is 10.7. The van der Waals surface area contributed by atoms with Gasteiger partial charge in [0.25, 0.3) is 0 Å². The number of hydrogen-bond donors (Lipinski definition) is 0. The third-order valence-corrected chi connectivity index (χ3v) is 3.91. The maximum absolute atomic E-state index is 12.0. The lowest BCUT2D eigenvalue weighted by Crippen LogP contribution is -2.39. The van der Waals surface area contributed by atoms with E-state index in [0.29, 0.717) is 12.8 Å². The molecule has 18 heavy (non-hydrogen) atoms. The second kappa shape index (κ2) is 4.96. The minimum absolute atomic E-state index is 0.210. The second-order valence-corrected chi connectivity index (χ2v) is 4.89. The van der Waals surface area contributed by atoms with Crippen molar-refractivity contribution in [3.05, 3.63) is 24.3 Å². The third kappa shape index (κ3) is 1.96. The molecule has 2 aliphatic carbocycles. The van der Waals surface area contributed by atoms with Gasteiger partial charge < -0.3 is 9.47 Å². The summed E-state index contributed by atoms with van der Waals surface area (Å²) in [5.41, 5.74) is -1.13. The van der Waals surface area contributed by atoms with Crippen LogP contribution in [0.15, 0.2) is 24.3 Å². The summed E-state index contributed by atoms with van der Waals surface area (Å²) in [7, 11) is 2.62. The summed E-state index contributed by atoms with van der Waals surface area (Å²) in [4.78, 5) is 24.0. The zero-order valence-electron chi connectivity index (χ0n) is 10.7. The molecule has 0 N–H and O–H groups in total. The Labute approximate surface area is 107 Å². The van der Waals surface area contributed by atoms with E-state index in [4.69, 9.17) is 9.47 Å². The molecule has 4 heteroatoms. The van der Waals surface area contributed by atoms with Crippen molar-refractivity contribution in [3.63, 3.8) is 0 Å². The molecule has 2 atom stereocenters. The van der Waals surface area contributed by atoms with Crippen molar-refractivity contribution < 1.29 is 19.1 Å². The van der Waals surface area contributed by atoms with E-state index in [1.54, 1.807) is 0 Å². The van der Waals surface area contributed by atoms with Crippen LogP contribution >= 0.6 is 0 Å². The van der Waals surface area contributed by atoms with Gasteiger partial charge in [-0.2, -0.15) is 0 Å². The number of rotatable bonds is 2. The minimum atomic E-state index is -1.13. The third-order valence-electron chi connectivity index (χ3n) is 3.91. The number of carbonyl (C=O) groups is 2. The molecule has 1 saturated carbocycles. The highest BCUT2D eigenvalue weighted by molar-refractivity contribution is 6.00. The minimum Gasteiger partial charge on any atom is -0.468 e. The van der Waals surface area contributed by atoms with E-state index in [9.17, 15) is 9.59 Å². The summed E-state index contributed by atoms with van der Waals surface area (Å²) in [5, 5.41) is 0. The van der Waals surface area contributed by atoms with Gasteiger partial charge in [0.1, 0.15) is 0 Å². The van der Waals surface area contributed by atoms with Crippen molar-refractivity contribution in [2.45, 2.75) is 19.3 Å². The molecule has 0 amide bonds. The molecule has 1 fully saturated rings. The molecule has 0 heterocycles. The molecule has 0 spiro atoms. The lowest BCUT2D eigenvalue weighted by Gasteiger charge is -2.22. The van der Waals surface area contributed by atoms with Gasteiger partial charge >= 0.3 is 11.9 Å². The molecule has 2 aliphatic rings. The van der Waals surface area contributed by atoms with E-state index in [-0.39, 0.29) is 11.8 Å². The summed E-state index contributed by atoms with van der Waals surface area (Å²) in [6.07, 6.45) is 10.2. The number of ether oxygens (including phenoxy) is 2. The van der Waals surface area contributed by atoms with Crippen LogP contribution in [0.1, 0.15) is 19.3 Å². The fourth-order valence-electron chi connectivity index (χ4n) is 3.01. The van der Waals surface area contributed by atoms with E-state index in [1.807, 2.05) is 0 Å². The van der Waals surface area contributed by atoms with Crippen LogP contribution in [-0.2, 0) is 19.1 Å². The predicted octanol–water partition coefficient (Wildman–Crippen LogP) is 1.86. The molecule has 0 aromatic rings. The van der Waals surface area contributed by atoms with Gasteiger partial charge in [-0.25, -0.2) is 0 Å². The van der Waals surface area contributed by atoms with Crippen LogP contribution in [0.4, 0.5) is 0 Å². The molecule has 0 aromatic carbocycles. The molecule has 98 valence electrons. The highest BCUT2D eigenvalue weighted by Gasteiger charge is 2.56. The maximum Gasteiger partial charge on any atom is 0.323 e. The highest BCUT2D eigenvalue weighted by atomic mass is 16.5. The van der Waals surface area contributed by atoms with Crippen LogP contribution in [0.5, 0.6) is 0 Å². The van der Waals surface area contributed by atoms with E-state index < -0.39 is 17.4 Å². The summed E-state index contributed by atoms with van der Waals surface area (Å²) in [5.74, 6) is -0.544. The normalized spacial score (nSPS) is 28.3. The molecule has 2 unspecified atom stereocenters. The first-order valence-corrected chi connectivity index (χ1v) is 6.14. The van der Waals surface area contributed by atoms with Crippen LogP contribution in [0.2, 0.25) is 0 Å². The lowest BCUT2D eigenvalue weighted by atomic mass is 9.84. The molecule has 0 saturated heterocycles. The summed E-state index contributed by atoms with van der Waals surface area (Å²) in [6.45, 7) is 0. The Morgan fingerprint density at radius 1 is 1.00 bits per heavy atom. The van der Waals surface area contributed by atoms with Crippen LogP contribution in [0.25, 0.3) is 0 Å². The smallest absolute Gasteiger partial charge is 0.323 e. The van der Waals surface area contributed by atoms with E-state index in [0.717, 1.165) is 6.42 Å². The van der Waals surface area contributed by atoms with Crippen LogP contribution in [0.3, 0.4) is 0 Å². The van der Waals surface area contributed by atoms with Gasteiger partial charge in [-0.15, -0.1) is 0 Å². The zero-order chi connectivity index (χ0) is 13.2. The van der Waals surface area contributed by atoms with Crippen LogP contribution in [-0.4, -0.2) is 26.2 Å². The summed E-state index contributed by atoms with van der Waals surface area (Å²) < 4.78 is 9.62. The number of carbonyl (C=O) groups excluding carboxylic acids is 2. The number of fused-ring (bicyclic) bond motifs is 1. The average molecular weight is 250 g/mol. The summed E-state index contributed by atoms with van der Waals surface area (Å²) >= 11 is 0. The van der Waals surface area contributed by atoms with Gasteiger partial charge in [0.05, 0.1) is 14.2 Å². The van der Waals surface area contributed by atoms with Crippen molar-refractivity contribution >= 4 is 11.9 Å². The molecule has 4 nitrogen and oxygen atoms in total. The molecule has 2 rings (SSSR count). The second-order valence-electron chi connectivity index (χ2n) is 4.89. The molecular formula is C14H18O4. The Morgan fingerprint density at radius 3 is 1.83 bits per heavy atom. The topological polar surface area (TPSA) is 52.6 Å². The Hall–Kier alpha value is -1.58. The fourth-order valence-corrected chi connectivity index (χ4v) is 3.01. The van der Waals surface area contributed by atoms with Crippen LogP contribution in [0, 0.1) is 17.3 Å². The molecular weight excluding hydrogens is 232 g/mol. The van der Waals surface area contributed by atoms with Crippen molar-refractivity contribution in [1.29, 1.82) is 0 Å². The van der Waals surface area contributed by atoms with Crippen molar-refractivity contribution in [1.82, 2.24) is 0 Å². The number of methoxy groups -OCH3 is 2. The first-order valence-electron chi connectivity index (χ1n) is 6.14. The summed E-state index contributed by atoms with van der Waals surface area (Å²) in [6, 6.07) is 0. The first-order chi connectivity index (χ1) is 8.64. The lowest BCUT2D eigenvalue weighted by molar-refractivity contribution is -0.168. The molecule has 0 aliphatic heterocycles. The van der Waals surface area contributed by atoms with Crippen molar-refractivity contribution in [3.8, 4) is 0 Å². The van der Waals surface area contributed by atoms with Gasteiger partial charge in [0.15, 0.2) is 5.41 Å². The predicted molar refractivity (Wildman–Crippen MR) is 65.6 cm³/mol. The fraction of sp³-hybridized carbons (Fsp3) is 0.571. The number of allylic oxidation sites excluding steroid dienone is 4. The molecule has 0 bridgehead atoms. The standard InChI is InChI=1S/C14H18O4/c1-17-12(15)14(13(16)18-2)8-10-6-4-3-5-7-11(10)9-14/h4-7,10-11H,3,8-9H2,1-2H3. The SMILES string of the molecule is COC(=O)C1(C(=O)OC)CC2C=CCC=CC2C1. The van der Waals surface area contributed by atoms with E-state index >= 15 is 0 Å². The maximum atomic E-state index is 12.0. The number of hydrogen-bond acceptors (Lipinski definition) is 4. The van der Waals surface area contributed by atoms with Crippen LogP contribution < -0.4 is 0 Å². The van der Waals surface area contributed by atoms with E-state index in [1.165, 1.54) is 14.2 Å². The van der Waals surface area contributed by atoms with Gasteiger partial charge in [-0.3, -0.25) is 9.59 Å². The highest BCUT2D eigenvalue weighted by Crippen LogP contribution is 2.49. The molecule has 0 radical (unpaired) electrons. The Kier molecular flexibility index (Phi) is 3.55. The monoisotopic (exact) mass is 250 g/mol. The van der Waals surface area contributed by atoms with Gasteiger partial charge in [0.2, 0.25) is 0 Å². The van der Waals surface area contributed by atoms with Gasteiger partial charge in [-0.05, 0) is 31.1 Å². The Morgan fingerprint density at radius 2 is 1.44 bits per heavy atom. The van der Waals surface area contributed by atoms with E-state index in [2.05, 4.69) is 24.3 Å².